The van der Waals surface area contributed by atoms with Crippen LogP contribution in [0.4, 0.5) is 0 Å². The normalized spacial score (nSPS) is 52.0. The molecule has 0 spiro atoms. The minimum atomic E-state index is 0.735. The molecule has 0 radical (unpaired) electrons. The molecule has 5 rings (SSSR count). The van der Waals surface area contributed by atoms with Crippen LogP contribution in [0.25, 0.3) is 0 Å². The fourth-order valence-corrected chi connectivity index (χ4v) is 6.43. The highest BCUT2D eigenvalue weighted by Gasteiger charge is 2.37. The van der Waals surface area contributed by atoms with Gasteiger partial charge in [-0.15, -0.1) is 0 Å². The highest BCUT2D eigenvalue weighted by atomic mass is 15.1. The number of hydrogen-bond acceptors (Lipinski definition) is 4. The maximum absolute atomic E-state index is 4.00. The van der Waals surface area contributed by atoms with Crippen molar-refractivity contribution in [1.29, 1.82) is 0 Å². The first-order chi connectivity index (χ1) is 11.8. The topological polar surface area (TPSA) is 48.1 Å². The lowest BCUT2D eigenvalue weighted by Crippen LogP contribution is -2.46. The van der Waals surface area contributed by atoms with Gasteiger partial charge < -0.3 is 21.3 Å². The third-order valence-corrected chi connectivity index (χ3v) is 7.71. The van der Waals surface area contributed by atoms with Gasteiger partial charge in [-0.05, 0) is 77.0 Å². The average molecular weight is 333 g/mol. The zero-order chi connectivity index (χ0) is 15.9. The fraction of sp³-hybridized carbons (Fsp3) is 1.00. The van der Waals surface area contributed by atoms with Crippen molar-refractivity contribution in [2.45, 2.75) is 125 Å². The van der Waals surface area contributed by atoms with Gasteiger partial charge in [0.2, 0.25) is 0 Å². The Hall–Kier alpha value is -0.160. The third kappa shape index (κ3) is 3.40. The Balaban J connectivity index is 1.27. The van der Waals surface area contributed by atoms with Crippen molar-refractivity contribution in [3.63, 3.8) is 0 Å². The first-order valence-electron chi connectivity index (χ1n) is 10.9. The molecule has 0 aromatic rings. The average Bonchev–Trinajstić information content (AvgIpc) is 3.32. The molecule has 136 valence electrons. The zero-order valence-electron chi connectivity index (χ0n) is 15.1. The van der Waals surface area contributed by atoms with Crippen molar-refractivity contribution < 1.29 is 0 Å². The van der Waals surface area contributed by atoms with E-state index in [4.69, 9.17) is 0 Å². The summed E-state index contributed by atoms with van der Waals surface area (Å²) in [6.07, 6.45) is 16.6. The predicted octanol–water partition coefficient (Wildman–Crippen LogP) is 2.04. The van der Waals surface area contributed by atoms with Gasteiger partial charge in [0.15, 0.2) is 0 Å². The Morgan fingerprint density at radius 2 is 0.667 bits per heavy atom. The molecule has 4 nitrogen and oxygen atoms in total. The molecule has 0 amide bonds. The Kier molecular flexibility index (Phi) is 4.59. The molecule has 0 aromatic carbocycles. The molecule has 5 aliphatic rings. The second kappa shape index (κ2) is 6.86. The number of nitrogens with one attached hydrogen (secondary N) is 4. The molecular formula is C20H36N4. The molecule has 0 aliphatic carbocycles. The molecule has 0 saturated carbocycles. The van der Waals surface area contributed by atoms with Gasteiger partial charge in [0.1, 0.15) is 0 Å². The van der Waals surface area contributed by atoms with Crippen LogP contribution >= 0.6 is 0 Å². The molecular weight excluding hydrogens is 296 g/mol. The number of fused-ring (bicyclic) bond motifs is 9. The minimum absolute atomic E-state index is 0.735. The largest absolute Gasteiger partial charge is 0.311 e. The molecule has 5 fully saturated rings. The lowest BCUT2D eigenvalue weighted by atomic mass is 10.0. The molecule has 0 aromatic heterocycles. The fourth-order valence-electron chi connectivity index (χ4n) is 6.43. The van der Waals surface area contributed by atoms with E-state index in [0.717, 1.165) is 48.3 Å². The van der Waals surface area contributed by atoms with Gasteiger partial charge in [0.05, 0.1) is 0 Å². The highest BCUT2D eigenvalue weighted by molar-refractivity contribution is 4.99. The summed E-state index contributed by atoms with van der Waals surface area (Å²) in [6, 6.07) is 6.11. The number of hydrogen-bond donors (Lipinski definition) is 4. The van der Waals surface area contributed by atoms with Crippen LogP contribution in [0.1, 0.15) is 77.0 Å². The molecule has 4 heteroatoms. The second-order valence-corrected chi connectivity index (χ2v) is 9.42. The maximum Gasteiger partial charge on any atom is 0.0224 e. The van der Waals surface area contributed by atoms with Gasteiger partial charge in [0, 0.05) is 48.3 Å². The van der Waals surface area contributed by atoms with Gasteiger partial charge in [-0.3, -0.25) is 0 Å². The van der Waals surface area contributed by atoms with E-state index >= 15 is 0 Å². The van der Waals surface area contributed by atoms with Crippen LogP contribution in [0.2, 0.25) is 0 Å². The molecule has 5 aliphatic heterocycles. The van der Waals surface area contributed by atoms with Gasteiger partial charge in [-0.25, -0.2) is 0 Å². The molecule has 4 N–H and O–H groups in total. The van der Waals surface area contributed by atoms with Crippen molar-refractivity contribution in [2.75, 3.05) is 0 Å². The monoisotopic (exact) mass is 332 g/mol. The van der Waals surface area contributed by atoms with Crippen molar-refractivity contribution in [1.82, 2.24) is 21.3 Å². The Morgan fingerprint density at radius 1 is 0.333 bits per heavy atom. The van der Waals surface area contributed by atoms with E-state index in [0.29, 0.717) is 0 Å². The van der Waals surface area contributed by atoms with E-state index in [1.54, 1.807) is 0 Å². The molecule has 5 saturated heterocycles. The molecule has 5 heterocycles. The van der Waals surface area contributed by atoms with Crippen molar-refractivity contribution in [2.24, 2.45) is 0 Å². The minimum Gasteiger partial charge on any atom is -0.311 e. The van der Waals surface area contributed by atoms with E-state index in [1.807, 2.05) is 0 Å². The van der Waals surface area contributed by atoms with Gasteiger partial charge >= 0.3 is 0 Å². The van der Waals surface area contributed by atoms with Crippen LogP contribution in [0, 0.1) is 0 Å². The summed E-state index contributed by atoms with van der Waals surface area (Å²) in [5, 5.41) is 15.9. The zero-order valence-corrected chi connectivity index (χ0v) is 15.1. The van der Waals surface area contributed by atoms with E-state index in [9.17, 15) is 0 Å². The Morgan fingerprint density at radius 3 is 1.29 bits per heavy atom. The SMILES string of the molecule is C1CC2CC3CCC(CC4CCC(N4)C4CCC(CCC1N2)N4)N3. The van der Waals surface area contributed by atoms with E-state index < -0.39 is 0 Å². The van der Waals surface area contributed by atoms with Crippen LogP contribution in [0.15, 0.2) is 0 Å². The Labute approximate surface area is 147 Å². The molecule has 8 unspecified atom stereocenters. The van der Waals surface area contributed by atoms with E-state index in [2.05, 4.69) is 21.3 Å². The van der Waals surface area contributed by atoms with Crippen LogP contribution < -0.4 is 21.3 Å². The van der Waals surface area contributed by atoms with Crippen molar-refractivity contribution in [3.05, 3.63) is 0 Å². The first kappa shape index (κ1) is 16.0. The molecule has 8 bridgehead atoms. The van der Waals surface area contributed by atoms with Crippen LogP contribution in [-0.4, -0.2) is 48.3 Å². The van der Waals surface area contributed by atoms with Crippen molar-refractivity contribution >= 4 is 0 Å². The smallest absolute Gasteiger partial charge is 0.0224 e. The third-order valence-electron chi connectivity index (χ3n) is 7.71. The predicted molar refractivity (Wildman–Crippen MR) is 98.3 cm³/mol. The maximum atomic E-state index is 4.00. The lowest BCUT2D eigenvalue weighted by molar-refractivity contribution is 0.365. The summed E-state index contributed by atoms with van der Waals surface area (Å²) in [4.78, 5) is 0. The molecule has 8 atom stereocenters. The first-order valence-corrected chi connectivity index (χ1v) is 10.9. The Bertz CT molecular complexity index is 441. The lowest BCUT2D eigenvalue weighted by Gasteiger charge is -2.25. The number of rotatable bonds is 0. The van der Waals surface area contributed by atoms with Crippen LogP contribution in [0.5, 0.6) is 0 Å². The summed E-state index contributed by atoms with van der Waals surface area (Å²) >= 11 is 0. The summed E-state index contributed by atoms with van der Waals surface area (Å²) in [5.41, 5.74) is 0. The van der Waals surface area contributed by atoms with Crippen LogP contribution in [-0.2, 0) is 0 Å². The van der Waals surface area contributed by atoms with Crippen LogP contribution in [0.3, 0.4) is 0 Å². The van der Waals surface area contributed by atoms with E-state index in [-0.39, 0.29) is 0 Å². The van der Waals surface area contributed by atoms with Gasteiger partial charge in [-0.1, -0.05) is 0 Å². The van der Waals surface area contributed by atoms with E-state index in [1.165, 1.54) is 77.0 Å². The standard InChI is InChI=1S/C20H36N4/c1-2-14-7-9-19(23-14)20-10-8-18(24-20)12-17-6-5-16(22-17)11-15-4-3-13(1)21-15/h13-24H,1-12H2. The summed E-state index contributed by atoms with van der Waals surface area (Å²) < 4.78 is 0. The van der Waals surface area contributed by atoms with Gasteiger partial charge in [-0.2, -0.15) is 0 Å². The summed E-state index contributed by atoms with van der Waals surface area (Å²) in [7, 11) is 0. The quantitative estimate of drug-likeness (QED) is 0.548. The second-order valence-electron chi connectivity index (χ2n) is 9.42. The highest BCUT2D eigenvalue weighted by Crippen LogP contribution is 2.30. The van der Waals surface area contributed by atoms with Crippen molar-refractivity contribution in [3.8, 4) is 0 Å². The summed E-state index contributed by atoms with van der Waals surface area (Å²) in [6.45, 7) is 0. The van der Waals surface area contributed by atoms with Gasteiger partial charge in [0.25, 0.3) is 0 Å². The summed E-state index contributed by atoms with van der Waals surface area (Å²) in [5.74, 6) is 0. The molecule has 24 heavy (non-hydrogen) atoms.